The molecule has 0 aliphatic heterocycles. The molecule has 1 aromatic carbocycles. The molecule has 0 aromatic heterocycles. The van der Waals surface area contributed by atoms with Crippen molar-refractivity contribution in [3.05, 3.63) is 21.7 Å². The van der Waals surface area contributed by atoms with Gasteiger partial charge in [0.2, 0.25) is 0 Å². The zero-order valence-electron chi connectivity index (χ0n) is 11.3. The van der Waals surface area contributed by atoms with E-state index >= 15 is 0 Å². The molecule has 2 atom stereocenters. The highest BCUT2D eigenvalue weighted by atomic mass is 35.5. The van der Waals surface area contributed by atoms with Crippen molar-refractivity contribution in [1.82, 2.24) is 0 Å². The van der Waals surface area contributed by atoms with Crippen LogP contribution in [0.3, 0.4) is 0 Å². The van der Waals surface area contributed by atoms with Crippen molar-refractivity contribution in [2.75, 3.05) is 14.2 Å². The summed E-state index contributed by atoms with van der Waals surface area (Å²) in [7, 11) is 5.46. The number of methoxy groups -OCH3 is 2. The molecule has 3 nitrogen and oxygen atoms in total. The van der Waals surface area contributed by atoms with E-state index in [-0.39, 0.29) is 32.9 Å². The molecular formula is C13H17Cl2O3P. The second-order valence-electron chi connectivity index (χ2n) is 4.38. The molecule has 0 heterocycles. The van der Waals surface area contributed by atoms with Gasteiger partial charge < -0.3 is 9.47 Å². The van der Waals surface area contributed by atoms with Crippen molar-refractivity contribution in [2.24, 2.45) is 0 Å². The van der Waals surface area contributed by atoms with Gasteiger partial charge in [-0.15, -0.1) is 9.24 Å². The molecule has 2 unspecified atom stereocenters. The van der Waals surface area contributed by atoms with Gasteiger partial charge in [0, 0.05) is 5.16 Å². The number of Topliss-reactive ketones (excluding diaryl/α,β-unsaturated/α-hetero) is 1. The second-order valence-corrected chi connectivity index (χ2v) is 6.47. The summed E-state index contributed by atoms with van der Waals surface area (Å²) in [5, 5.41) is -0.0590. The number of carbonyl (C=O) groups excluding carboxylic acids is 1. The third kappa shape index (κ3) is 3.16. The molecule has 0 fully saturated rings. The molecule has 0 saturated carbocycles. The normalized spacial score (nSPS) is 13.8. The lowest BCUT2D eigenvalue weighted by Gasteiger charge is -2.24. The Kier molecular flexibility index (Phi) is 5.49. The number of ether oxygens (including phenoxy) is 2. The summed E-state index contributed by atoms with van der Waals surface area (Å²) < 4.78 is 10.5. The number of benzene rings is 1. The van der Waals surface area contributed by atoms with E-state index in [2.05, 4.69) is 9.24 Å². The Labute approximate surface area is 125 Å². The molecule has 0 saturated heterocycles. The van der Waals surface area contributed by atoms with E-state index in [4.69, 9.17) is 32.7 Å². The zero-order chi connectivity index (χ0) is 14.8. The fourth-order valence-corrected chi connectivity index (χ4v) is 2.40. The Morgan fingerprint density at radius 2 is 1.68 bits per heavy atom. The highest BCUT2D eigenvalue weighted by molar-refractivity contribution is 7.21. The van der Waals surface area contributed by atoms with E-state index in [0.29, 0.717) is 6.42 Å². The maximum Gasteiger partial charge on any atom is 0.180 e. The average Bonchev–Trinajstić information content (AvgIpc) is 2.37. The second kappa shape index (κ2) is 6.30. The summed E-state index contributed by atoms with van der Waals surface area (Å²) in [6, 6.07) is 1.50. The van der Waals surface area contributed by atoms with Crippen LogP contribution in [0, 0.1) is 0 Å². The van der Waals surface area contributed by atoms with Gasteiger partial charge in [-0.05, 0) is 19.4 Å². The molecule has 0 amide bonds. The average molecular weight is 323 g/mol. The smallest absolute Gasteiger partial charge is 0.180 e. The van der Waals surface area contributed by atoms with Gasteiger partial charge in [0.15, 0.2) is 17.3 Å². The Balaban J connectivity index is 3.60. The highest BCUT2D eigenvalue weighted by Gasteiger charge is 2.34. The van der Waals surface area contributed by atoms with Crippen LogP contribution in [-0.4, -0.2) is 25.2 Å². The maximum absolute atomic E-state index is 12.7. The lowest BCUT2D eigenvalue weighted by molar-refractivity contribution is 0.0941. The molecule has 6 heteroatoms. The number of ketones is 1. The molecule has 0 spiro atoms. The molecule has 19 heavy (non-hydrogen) atoms. The largest absolute Gasteiger partial charge is 0.494 e. The standard InChI is InChI=1S/C13H17Cl2O3P/c1-5-13(2,19)12(16)9-10(17-3)7(14)6-8(15)11(9)18-4/h6H,5,19H2,1-4H3. The van der Waals surface area contributed by atoms with Crippen LogP contribution in [0.5, 0.6) is 11.5 Å². The zero-order valence-corrected chi connectivity index (χ0v) is 14.0. The molecule has 106 valence electrons. The summed E-state index contributed by atoms with van der Waals surface area (Å²) in [6.07, 6.45) is 0.646. The van der Waals surface area contributed by atoms with Gasteiger partial charge in [-0.1, -0.05) is 30.1 Å². The van der Waals surface area contributed by atoms with E-state index in [1.165, 1.54) is 20.3 Å². The van der Waals surface area contributed by atoms with Crippen LogP contribution in [0.25, 0.3) is 0 Å². The fraction of sp³-hybridized carbons (Fsp3) is 0.462. The minimum atomic E-state index is -0.630. The Morgan fingerprint density at radius 1 is 1.26 bits per heavy atom. The minimum Gasteiger partial charge on any atom is -0.494 e. The topological polar surface area (TPSA) is 35.5 Å². The van der Waals surface area contributed by atoms with E-state index < -0.39 is 5.16 Å². The van der Waals surface area contributed by atoms with Crippen molar-refractivity contribution in [3.63, 3.8) is 0 Å². The Bertz CT molecular complexity index is 473. The van der Waals surface area contributed by atoms with Gasteiger partial charge in [-0.2, -0.15) is 0 Å². The minimum absolute atomic E-state index is 0.141. The van der Waals surface area contributed by atoms with Gasteiger partial charge in [-0.3, -0.25) is 4.79 Å². The lowest BCUT2D eigenvalue weighted by atomic mass is 9.94. The maximum atomic E-state index is 12.7. The van der Waals surface area contributed by atoms with Gasteiger partial charge in [0.05, 0.1) is 24.3 Å². The summed E-state index contributed by atoms with van der Waals surface area (Å²) in [4.78, 5) is 12.7. The lowest BCUT2D eigenvalue weighted by Crippen LogP contribution is -2.28. The van der Waals surface area contributed by atoms with Crippen molar-refractivity contribution >= 4 is 38.2 Å². The summed E-state index contributed by atoms with van der Waals surface area (Å²) in [6.45, 7) is 3.75. The van der Waals surface area contributed by atoms with Gasteiger partial charge in [0.25, 0.3) is 0 Å². The molecule has 0 radical (unpaired) electrons. The first kappa shape index (κ1) is 16.6. The van der Waals surface area contributed by atoms with Gasteiger partial charge in [0.1, 0.15) is 5.56 Å². The monoisotopic (exact) mass is 322 g/mol. The predicted molar refractivity (Wildman–Crippen MR) is 82.3 cm³/mol. The van der Waals surface area contributed by atoms with Crippen LogP contribution in [0.2, 0.25) is 10.0 Å². The van der Waals surface area contributed by atoms with Crippen molar-refractivity contribution in [2.45, 2.75) is 25.4 Å². The van der Waals surface area contributed by atoms with Crippen LogP contribution in [0.15, 0.2) is 6.07 Å². The van der Waals surface area contributed by atoms with Gasteiger partial charge >= 0.3 is 0 Å². The fourth-order valence-electron chi connectivity index (χ4n) is 1.64. The van der Waals surface area contributed by atoms with E-state index in [0.717, 1.165) is 0 Å². The summed E-state index contributed by atoms with van der Waals surface area (Å²) in [5.74, 6) is 0.434. The number of hydrogen-bond donors (Lipinski definition) is 0. The van der Waals surface area contributed by atoms with Crippen LogP contribution >= 0.6 is 32.4 Å². The first-order valence-corrected chi connectivity index (χ1v) is 7.07. The number of carbonyl (C=O) groups is 1. The van der Waals surface area contributed by atoms with Crippen LogP contribution in [0.4, 0.5) is 0 Å². The molecule has 0 aliphatic rings. The molecule has 0 aliphatic carbocycles. The molecule has 1 aromatic rings. The quantitative estimate of drug-likeness (QED) is 0.601. The van der Waals surface area contributed by atoms with Crippen molar-refractivity contribution in [3.8, 4) is 11.5 Å². The number of rotatable bonds is 5. The number of halogens is 2. The van der Waals surface area contributed by atoms with Crippen LogP contribution in [0.1, 0.15) is 30.6 Å². The molecule has 0 bridgehead atoms. The SMILES string of the molecule is CCC(C)(P)C(=O)c1c(OC)c(Cl)cc(Cl)c1OC. The molecule has 1 rings (SSSR count). The Morgan fingerprint density at radius 3 is 2.00 bits per heavy atom. The summed E-state index contributed by atoms with van der Waals surface area (Å²) in [5.41, 5.74) is 0.279. The first-order chi connectivity index (χ1) is 8.80. The van der Waals surface area contributed by atoms with Crippen LogP contribution in [-0.2, 0) is 0 Å². The number of hydrogen-bond acceptors (Lipinski definition) is 3. The molecule has 0 N–H and O–H groups in total. The van der Waals surface area contributed by atoms with E-state index in [1.54, 1.807) is 0 Å². The Hall–Kier alpha value is -0.500. The van der Waals surface area contributed by atoms with Crippen molar-refractivity contribution < 1.29 is 14.3 Å². The van der Waals surface area contributed by atoms with E-state index in [9.17, 15) is 4.79 Å². The third-order valence-electron chi connectivity index (χ3n) is 3.03. The first-order valence-electron chi connectivity index (χ1n) is 5.73. The van der Waals surface area contributed by atoms with Crippen LogP contribution < -0.4 is 9.47 Å². The van der Waals surface area contributed by atoms with Crippen molar-refractivity contribution in [1.29, 1.82) is 0 Å². The van der Waals surface area contributed by atoms with E-state index in [1.807, 2.05) is 13.8 Å². The predicted octanol–water partition coefficient (Wildman–Crippen LogP) is 4.24. The molecular weight excluding hydrogens is 306 g/mol. The summed E-state index contributed by atoms with van der Waals surface area (Å²) >= 11 is 12.2. The third-order valence-corrected chi connectivity index (χ3v) is 4.26. The van der Waals surface area contributed by atoms with Gasteiger partial charge in [-0.25, -0.2) is 0 Å². The highest BCUT2D eigenvalue weighted by Crippen LogP contribution is 2.44.